The fourth-order valence-corrected chi connectivity index (χ4v) is 2.95. The number of nitrogens with one attached hydrogen (secondary N) is 2. The summed E-state index contributed by atoms with van der Waals surface area (Å²) in [4.78, 5) is 0. The van der Waals surface area contributed by atoms with Crippen molar-refractivity contribution < 1.29 is 0 Å². The summed E-state index contributed by atoms with van der Waals surface area (Å²) in [7, 11) is 0. The van der Waals surface area contributed by atoms with Gasteiger partial charge < -0.3 is 5.32 Å². The Balaban J connectivity index is 1.97. The van der Waals surface area contributed by atoms with Crippen LogP contribution in [0.25, 0.3) is 0 Å². The molecule has 1 aliphatic carbocycles. The van der Waals surface area contributed by atoms with Gasteiger partial charge in [0.25, 0.3) is 0 Å². The van der Waals surface area contributed by atoms with Gasteiger partial charge >= 0.3 is 0 Å². The van der Waals surface area contributed by atoms with Crippen LogP contribution in [0.1, 0.15) is 56.8 Å². The van der Waals surface area contributed by atoms with E-state index in [9.17, 15) is 0 Å². The van der Waals surface area contributed by atoms with Gasteiger partial charge in [0.1, 0.15) is 0 Å². The first-order valence-corrected chi connectivity index (χ1v) is 6.48. The Hall–Kier alpha value is -0.830. The first kappa shape index (κ1) is 11.6. The molecule has 3 heteroatoms. The zero-order chi connectivity index (χ0) is 11.5. The predicted octanol–water partition coefficient (Wildman–Crippen LogP) is 2.95. The quantitative estimate of drug-likeness (QED) is 0.820. The molecule has 0 aliphatic heterocycles. The standard InChI is InChI=1S/C13H23N3/c1-4-11-6-5-7-13(11)15-9(2)12-8-14-16-10(12)3/h8-9,11,13,15H,4-7H2,1-3H3,(H,14,16). The Morgan fingerprint density at radius 1 is 1.56 bits per heavy atom. The Kier molecular flexibility index (Phi) is 3.64. The van der Waals surface area contributed by atoms with E-state index in [-0.39, 0.29) is 0 Å². The smallest absolute Gasteiger partial charge is 0.0537 e. The summed E-state index contributed by atoms with van der Waals surface area (Å²) in [5.74, 6) is 0.870. The van der Waals surface area contributed by atoms with Gasteiger partial charge in [0.2, 0.25) is 0 Å². The topological polar surface area (TPSA) is 40.7 Å². The van der Waals surface area contributed by atoms with Crippen LogP contribution in [-0.2, 0) is 0 Å². The van der Waals surface area contributed by atoms with Gasteiger partial charge in [-0.2, -0.15) is 5.10 Å². The van der Waals surface area contributed by atoms with Gasteiger partial charge in [-0.3, -0.25) is 5.10 Å². The minimum atomic E-state index is 0.413. The average molecular weight is 221 g/mol. The van der Waals surface area contributed by atoms with Crippen molar-refractivity contribution in [2.45, 2.75) is 58.5 Å². The Bertz CT molecular complexity index is 332. The zero-order valence-corrected chi connectivity index (χ0v) is 10.6. The number of hydrogen-bond acceptors (Lipinski definition) is 2. The highest BCUT2D eigenvalue weighted by Crippen LogP contribution is 2.30. The van der Waals surface area contributed by atoms with Gasteiger partial charge in [0.05, 0.1) is 6.20 Å². The Labute approximate surface area is 98.0 Å². The molecule has 0 aromatic carbocycles. The SMILES string of the molecule is CCC1CCCC1NC(C)c1cn[nH]c1C. The molecular formula is C13H23N3. The van der Waals surface area contributed by atoms with Crippen LogP contribution >= 0.6 is 0 Å². The fourth-order valence-electron chi connectivity index (χ4n) is 2.95. The van der Waals surface area contributed by atoms with Gasteiger partial charge in [-0.25, -0.2) is 0 Å². The summed E-state index contributed by atoms with van der Waals surface area (Å²) >= 11 is 0. The van der Waals surface area contributed by atoms with Crippen LogP contribution in [-0.4, -0.2) is 16.2 Å². The second-order valence-corrected chi connectivity index (χ2v) is 5.04. The average Bonchev–Trinajstić information content (AvgIpc) is 2.86. The molecule has 3 nitrogen and oxygen atoms in total. The summed E-state index contributed by atoms with van der Waals surface area (Å²) in [6.45, 7) is 6.63. The molecule has 0 saturated heterocycles. The third-order valence-corrected chi connectivity index (χ3v) is 3.98. The molecule has 16 heavy (non-hydrogen) atoms. The van der Waals surface area contributed by atoms with Crippen LogP contribution in [0.4, 0.5) is 0 Å². The third-order valence-electron chi connectivity index (χ3n) is 3.98. The maximum Gasteiger partial charge on any atom is 0.0537 e. The number of hydrogen-bond donors (Lipinski definition) is 2. The van der Waals surface area contributed by atoms with Crippen LogP contribution in [0.5, 0.6) is 0 Å². The lowest BCUT2D eigenvalue weighted by atomic mass is 9.99. The lowest BCUT2D eigenvalue weighted by Crippen LogP contribution is -2.34. The van der Waals surface area contributed by atoms with E-state index < -0.39 is 0 Å². The van der Waals surface area contributed by atoms with Crippen LogP contribution in [0, 0.1) is 12.8 Å². The highest BCUT2D eigenvalue weighted by Gasteiger charge is 2.27. The van der Waals surface area contributed by atoms with Gasteiger partial charge in [0, 0.05) is 23.3 Å². The Morgan fingerprint density at radius 3 is 3.00 bits per heavy atom. The van der Waals surface area contributed by atoms with E-state index in [1.54, 1.807) is 0 Å². The number of aromatic amines is 1. The van der Waals surface area contributed by atoms with Crippen LogP contribution < -0.4 is 5.32 Å². The largest absolute Gasteiger partial charge is 0.307 e. The van der Waals surface area contributed by atoms with Crippen molar-refractivity contribution >= 4 is 0 Å². The molecule has 1 aromatic heterocycles. The number of aryl methyl sites for hydroxylation is 1. The fraction of sp³-hybridized carbons (Fsp3) is 0.769. The second kappa shape index (κ2) is 5.00. The molecular weight excluding hydrogens is 198 g/mol. The molecule has 2 N–H and O–H groups in total. The van der Waals surface area contributed by atoms with Crippen molar-refractivity contribution in [3.05, 3.63) is 17.5 Å². The van der Waals surface area contributed by atoms with Crippen LogP contribution in [0.3, 0.4) is 0 Å². The maximum atomic E-state index is 4.09. The monoisotopic (exact) mass is 221 g/mol. The summed E-state index contributed by atoms with van der Waals surface area (Å²) in [5.41, 5.74) is 2.49. The van der Waals surface area contributed by atoms with Gasteiger partial charge in [-0.15, -0.1) is 0 Å². The Morgan fingerprint density at radius 2 is 2.38 bits per heavy atom. The molecule has 1 fully saturated rings. The molecule has 1 aliphatic rings. The van der Waals surface area contributed by atoms with Gasteiger partial charge in [-0.05, 0) is 32.6 Å². The highest BCUT2D eigenvalue weighted by atomic mass is 15.1. The van der Waals surface area contributed by atoms with Crippen LogP contribution in [0.15, 0.2) is 6.20 Å². The highest BCUT2D eigenvalue weighted by molar-refractivity contribution is 5.18. The van der Waals surface area contributed by atoms with E-state index in [1.807, 2.05) is 6.20 Å². The van der Waals surface area contributed by atoms with Gasteiger partial charge in [0.15, 0.2) is 0 Å². The summed E-state index contributed by atoms with van der Waals surface area (Å²) in [6, 6.07) is 1.12. The normalized spacial score (nSPS) is 27.2. The third kappa shape index (κ3) is 2.29. The number of H-pyrrole nitrogens is 1. The minimum Gasteiger partial charge on any atom is -0.307 e. The van der Waals surface area contributed by atoms with Crippen LogP contribution in [0.2, 0.25) is 0 Å². The number of rotatable bonds is 4. The summed E-state index contributed by atoms with van der Waals surface area (Å²) < 4.78 is 0. The number of nitrogens with zero attached hydrogens (tertiary/aromatic N) is 1. The second-order valence-electron chi connectivity index (χ2n) is 5.04. The number of aromatic nitrogens is 2. The molecule has 0 spiro atoms. The summed E-state index contributed by atoms with van der Waals surface area (Å²) in [6.07, 6.45) is 7.36. The van der Waals surface area contributed by atoms with Crippen molar-refractivity contribution in [1.29, 1.82) is 0 Å². The molecule has 0 radical (unpaired) electrons. The first-order chi connectivity index (χ1) is 7.72. The molecule has 1 aromatic rings. The van der Waals surface area contributed by atoms with Crippen molar-refractivity contribution in [2.75, 3.05) is 0 Å². The molecule has 2 rings (SSSR count). The van der Waals surface area contributed by atoms with Crippen molar-refractivity contribution in [3.8, 4) is 0 Å². The minimum absolute atomic E-state index is 0.413. The van der Waals surface area contributed by atoms with E-state index >= 15 is 0 Å². The molecule has 1 saturated carbocycles. The molecule has 3 atom stereocenters. The van der Waals surface area contributed by atoms with Crippen molar-refractivity contribution in [3.63, 3.8) is 0 Å². The van der Waals surface area contributed by atoms with E-state index in [2.05, 4.69) is 36.3 Å². The zero-order valence-electron chi connectivity index (χ0n) is 10.6. The molecule has 0 amide bonds. The van der Waals surface area contributed by atoms with E-state index in [1.165, 1.54) is 36.9 Å². The molecule has 3 unspecified atom stereocenters. The van der Waals surface area contributed by atoms with E-state index in [0.717, 1.165) is 5.92 Å². The van der Waals surface area contributed by atoms with E-state index in [0.29, 0.717) is 12.1 Å². The van der Waals surface area contributed by atoms with Gasteiger partial charge in [-0.1, -0.05) is 19.8 Å². The lowest BCUT2D eigenvalue weighted by Gasteiger charge is -2.24. The van der Waals surface area contributed by atoms with Crippen molar-refractivity contribution in [1.82, 2.24) is 15.5 Å². The first-order valence-electron chi connectivity index (χ1n) is 6.48. The molecule has 90 valence electrons. The molecule has 1 heterocycles. The predicted molar refractivity (Wildman–Crippen MR) is 66.3 cm³/mol. The lowest BCUT2D eigenvalue weighted by molar-refractivity contribution is 0.360. The maximum absolute atomic E-state index is 4.09. The van der Waals surface area contributed by atoms with E-state index in [4.69, 9.17) is 0 Å². The summed E-state index contributed by atoms with van der Waals surface area (Å²) in [5, 5.41) is 10.9. The van der Waals surface area contributed by atoms with Crippen molar-refractivity contribution in [2.24, 2.45) is 5.92 Å². The molecule has 0 bridgehead atoms.